The van der Waals surface area contributed by atoms with Crippen molar-refractivity contribution < 1.29 is 0 Å². The molecule has 106 valence electrons. The molecule has 0 aromatic carbocycles. The molecule has 0 aromatic heterocycles. The van der Waals surface area contributed by atoms with E-state index in [0.29, 0.717) is 0 Å². The Morgan fingerprint density at radius 1 is 1.16 bits per heavy atom. The van der Waals surface area contributed by atoms with Gasteiger partial charge >= 0.3 is 0 Å². The van der Waals surface area contributed by atoms with E-state index >= 15 is 0 Å². The standard InChI is InChI=1S/C19H30/c1-3-4-5-6-7-8-15-12-16-13-19(15)17-10-9-14(2)11-18(16)17/h3-4,14-16,19H,5-13H2,1-2H3. The topological polar surface area (TPSA) is 0 Å². The van der Waals surface area contributed by atoms with Crippen LogP contribution in [0, 0.1) is 23.7 Å². The van der Waals surface area contributed by atoms with Crippen LogP contribution in [0.25, 0.3) is 0 Å². The van der Waals surface area contributed by atoms with E-state index in [0.717, 1.165) is 23.7 Å². The van der Waals surface area contributed by atoms with Crippen molar-refractivity contribution in [3.8, 4) is 0 Å². The van der Waals surface area contributed by atoms with Crippen molar-refractivity contribution in [3.63, 3.8) is 0 Å². The van der Waals surface area contributed by atoms with Gasteiger partial charge in [-0.2, -0.15) is 0 Å². The molecule has 0 nitrogen and oxygen atoms in total. The molecule has 3 rings (SSSR count). The summed E-state index contributed by atoms with van der Waals surface area (Å²) in [7, 11) is 0. The summed E-state index contributed by atoms with van der Waals surface area (Å²) in [6.45, 7) is 4.59. The maximum absolute atomic E-state index is 2.45. The van der Waals surface area contributed by atoms with Gasteiger partial charge in [0.15, 0.2) is 0 Å². The van der Waals surface area contributed by atoms with Gasteiger partial charge in [0.25, 0.3) is 0 Å². The van der Waals surface area contributed by atoms with E-state index in [1.54, 1.807) is 6.42 Å². The van der Waals surface area contributed by atoms with Crippen molar-refractivity contribution in [1.82, 2.24) is 0 Å². The van der Waals surface area contributed by atoms with Crippen LogP contribution in [0.1, 0.15) is 71.6 Å². The molecule has 4 atom stereocenters. The predicted octanol–water partition coefficient (Wildman–Crippen LogP) is 5.90. The zero-order valence-electron chi connectivity index (χ0n) is 12.8. The van der Waals surface area contributed by atoms with Crippen molar-refractivity contribution >= 4 is 0 Å². The number of allylic oxidation sites excluding steroid dienone is 4. The Balaban J connectivity index is 1.52. The largest absolute Gasteiger partial charge is 0.0917 e. The molecule has 19 heavy (non-hydrogen) atoms. The molecule has 0 N–H and O–H groups in total. The highest BCUT2D eigenvalue weighted by molar-refractivity contribution is 5.32. The van der Waals surface area contributed by atoms with E-state index in [9.17, 15) is 0 Å². The van der Waals surface area contributed by atoms with Crippen LogP contribution < -0.4 is 0 Å². The van der Waals surface area contributed by atoms with Gasteiger partial charge in [-0.05, 0) is 82.0 Å². The minimum atomic E-state index is 0.970. The first-order valence-electron chi connectivity index (χ1n) is 8.62. The first-order valence-corrected chi connectivity index (χ1v) is 8.62. The molecule has 0 heterocycles. The molecular formula is C19H30. The van der Waals surface area contributed by atoms with Crippen molar-refractivity contribution in [2.45, 2.75) is 71.6 Å². The third kappa shape index (κ3) is 2.69. The van der Waals surface area contributed by atoms with Crippen molar-refractivity contribution in [2.75, 3.05) is 0 Å². The fourth-order valence-corrected chi connectivity index (χ4v) is 5.01. The van der Waals surface area contributed by atoms with Crippen molar-refractivity contribution in [3.05, 3.63) is 23.3 Å². The molecule has 3 aliphatic rings. The van der Waals surface area contributed by atoms with Crippen LogP contribution in [0.2, 0.25) is 0 Å². The molecule has 3 aliphatic carbocycles. The maximum atomic E-state index is 2.45. The highest BCUT2D eigenvalue weighted by atomic mass is 14.5. The lowest BCUT2D eigenvalue weighted by molar-refractivity contribution is 0.346. The van der Waals surface area contributed by atoms with Gasteiger partial charge < -0.3 is 0 Å². The first-order chi connectivity index (χ1) is 9.29. The Labute approximate surface area is 119 Å². The van der Waals surface area contributed by atoms with Crippen LogP contribution >= 0.6 is 0 Å². The second-order valence-corrected chi connectivity index (χ2v) is 7.29. The monoisotopic (exact) mass is 258 g/mol. The van der Waals surface area contributed by atoms with Gasteiger partial charge in [-0.25, -0.2) is 0 Å². The smallest absolute Gasteiger partial charge is 0.0166 e. The van der Waals surface area contributed by atoms with E-state index in [4.69, 9.17) is 0 Å². The Kier molecular flexibility index (Phi) is 4.15. The molecular weight excluding hydrogens is 228 g/mol. The molecule has 1 fully saturated rings. The summed E-state index contributed by atoms with van der Waals surface area (Å²) in [5.74, 6) is 4.07. The summed E-state index contributed by atoms with van der Waals surface area (Å²) < 4.78 is 0. The number of fused-ring (bicyclic) bond motifs is 4. The van der Waals surface area contributed by atoms with Gasteiger partial charge in [0.1, 0.15) is 0 Å². The van der Waals surface area contributed by atoms with Crippen LogP contribution in [0.3, 0.4) is 0 Å². The molecule has 0 spiro atoms. The second-order valence-electron chi connectivity index (χ2n) is 7.29. The van der Waals surface area contributed by atoms with Crippen molar-refractivity contribution in [2.24, 2.45) is 23.7 Å². The zero-order valence-corrected chi connectivity index (χ0v) is 12.8. The molecule has 0 radical (unpaired) electrons. The number of hydrogen-bond acceptors (Lipinski definition) is 0. The normalized spacial score (nSPS) is 37.4. The molecule has 0 heteroatoms. The van der Waals surface area contributed by atoms with Gasteiger partial charge in [-0.1, -0.05) is 36.6 Å². The molecule has 0 aliphatic heterocycles. The van der Waals surface area contributed by atoms with Crippen LogP contribution in [-0.2, 0) is 0 Å². The Morgan fingerprint density at radius 3 is 2.89 bits per heavy atom. The third-order valence-electron chi connectivity index (χ3n) is 5.95. The Bertz CT molecular complexity index is 373. The number of hydrogen-bond donors (Lipinski definition) is 0. The van der Waals surface area contributed by atoms with Crippen LogP contribution in [0.5, 0.6) is 0 Å². The van der Waals surface area contributed by atoms with E-state index in [2.05, 4.69) is 26.0 Å². The average molecular weight is 258 g/mol. The summed E-state index contributed by atoms with van der Waals surface area (Å²) in [5, 5.41) is 0. The Hall–Kier alpha value is -0.520. The summed E-state index contributed by atoms with van der Waals surface area (Å²) in [6.07, 6.45) is 17.6. The zero-order chi connectivity index (χ0) is 13.2. The minimum absolute atomic E-state index is 0.970. The molecule has 0 saturated heterocycles. The van der Waals surface area contributed by atoms with E-state index in [1.807, 2.05) is 11.1 Å². The Morgan fingerprint density at radius 2 is 2.05 bits per heavy atom. The lowest BCUT2D eigenvalue weighted by atomic mass is 9.73. The predicted molar refractivity (Wildman–Crippen MR) is 83.0 cm³/mol. The molecule has 4 unspecified atom stereocenters. The van der Waals surface area contributed by atoms with E-state index < -0.39 is 0 Å². The third-order valence-corrected chi connectivity index (χ3v) is 5.95. The lowest BCUT2D eigenvalue weighted by Crippen LogP contribution is -2.19. The summed E-state index contributed by atoms with van der Waals surface area (Å²) in [5.41, 5.74) is 3.89. The minimum Gasteiger partial charge on any atom is -0.0917 e. The molecule has 0 aromatic rings. The quantitative estimate of drug-likeness (QED) is 0.425. The molecule has 0 amide bonds. The van der Waals surface area contributed by atoms with Gasteiger partial charge in [0.2, 0.25) is 0 Å². The van der Waals surface area contributed by atoms with Crippen molar-refractivity contribution in [1.29, 1.82) is 0 Å². The van der Waals surface area contributed by atoms with Gasteiger partial charge in [0.05, 0.1) is 0 Å². The van der Waals surface area contributed by atoms with Crippen LogP contribution in [0.15, 0.2) is 23.3 Å². The van der Waals surface area contributed by atoms with E-state index in [-0.39, 0.29) is 0 Å². The first kappa shape index (κ1) is 13.5. The van der Waals surface area contributed by atoms with Crippen LogP contribution in [-0.4, -0.2) is 0 Å². The highest BCUT2D eigenvalue weighted by Crippen LogP contribution is 2.57. The summed E-state index contributed by atoms with van der Waals surface area (Å²) in [6, 6.07) is 0. The molecule has 1 saturated carbocycles. The fraction of sp³-hybridized carbons (Fsp3) is 0.789. The van der Waals surface area contributed by atoms with Gasteiger partial charge in [-0.15, -0.1) is 0 Å². The molecule has 2 bridgehead atoms. The van der Waals surface area contributed by atoms with E-state index in [1.165, 1.54) is 51.4 Å². The van der Waals surface area contributed by atoms with Crippen LogP contribution in [0.4, 0.5) is 0 Å². The van der Waals surface area contributed by atoms with Gasteiger partial charge in [0, 0.05) is 0 Å². The van der Waals surface area contributed by atoms with Gasteiger partial charge in [-0.3, -0.25) is 0 Å². The highest BCUT2D eigenvalue weighted by Gasteiger charge is 2.45. The summed E-state index contributed by atoms with van der Waals surface area (Å²) >= 11 is 0. The maximum Gasteiger partial charge on any atom is -0.0166 e. The number of rotatable bonds is 5. The second kappa shape index (κ2) is 5.85. The SMILES string of the molecule is CC=CCCCCC1CC2CC1C1=C2CC(C)CC1. The summed E-state index contributed by atoms with van der Waals surface area (Å²) in [4.78, 5) is 0. The average Bonchev–Trinajstić information content (AvgIpc) is 2.96. The number of unbranched alkanes of at least 4 members (excludes halogenated alkanes) is 2. The lowest BCUT2D eigenvalue weighted by Gasteiger charge is -2.32. The fourth-order valence-electron chi connectivity index (χ4n) is 5.01.